The summed E-state index contributed by atoms with van der Waals surface area (Å²) in [6.45, 7) is 1.89. The van der Waals surface area contributed by atoms with Crippen LogP contribution in [0.25, 0.3) is 22.6 Å². The minimum atomic E-state index is 0.475. The zero-order valence-electron chi connectivity index (χ0n) is 12.1. The van der Waals surface area contributed by atoms with Gasteiger partial charge in [0.15, 0.2) is 5.76 Å². The molecule has 1 fully saturated rings. The van der Waals surface area contributed by atoms with E-state index >= 15 is 0 Å². The molecule has 0 unspecified atom stereocenters. The average Bonchev–Trinajstić information content (AvgIpc) is 3.29. The van der Waals surface area contributed by atoms with Crippen molar-refractivity contribution in [3.8, 4) is 22.6 Å². The summed E-state index contributed by atoms with van der Waals surface area (Å²) in [6.07, 6.45) is 4.15. The third-order valence-corrected chi connectivity index (χ3v) is 4.10. The molecule has 0 spiro atoms. The number of aryl methyl sites for hydroxylation is 1. The minimum Gasteiger partial charge on any atom is -0.354 e. The van der Waals surface area contributed by atoms with Crippen LogP contribution in [0.1, 0.15) is 30.3 Å². The fourth-order valence-electron chi connectivity index (χ4n) is 2.47. The number of aromatic nitrogens is 3. The Balaban J connectivity index is 1.92. The maximum atomic E-state index is 6.34. The normalized spacial score (nSPS) is 14.3. The first-order valence-corrected chi connectivity index (χ1v) is 7.65. The Bertz CT molecular complexity index is 839. The Morgan fingerprint density at radius 2 is 2.00 bits per heavy atom. The molecule has 1 aliphatic rings. The van der Waals surface area contributed by atoms with Gasteiger partial charge < -0.3 is 4.52 Å². The van der Waals surface area contributed by atoms with Crippen LogP contribution in [0.15, 0.2) is 41.1 Å². The van der Waals surface area contributed by atoms with Gasteiger partial charge in [0.1, 0.15) is 11.5 Å². The third kappa shape index (κ3) is 2.40. The Kier molecular flexibility index (Phi) is 3.19. The van der Waals surface area contributed by atoms with Crippen LogP contribution in [0.2, 0.25) is 5.02 Å². The summed E-state index contributed by atoms with van der Waals surface area (Å²) < 4.78 is 5.42. The van der Waals surface area contributed by atoms with Gasteiger partial charge in [0.05, 0.1) is 5.69 Å². The van der Waals surface area contributed by atoms with Crippen molar-refractivity contribution in [3.05, 3.63) is 53.1 Å². The molecular formula is C17H14ClN3O. The maximum Gasteiger partial charge on any atom is 0.186 e. The monoisotopic (exact) mass is 311 g/mol. The van der Waals surface area contributed by atoms with Gasteiger partial charge in [0.25, 0.3) is 0 Å². The zero-order valence-corrected chi connectivity index (χ0v) is 12.8. The lowest BCUT2D eigenvalue weighted by atomic mass is 10.0. The van der Waals surface area contributed by atoms with E-state index in [-0.39, 0.29) is 0 Å². The summed E-state index contributed by atoms with van der Waals surface area (Å²) in [7, 11) is 0. The summed E-state index contributed by atoms with van der Waals surface area (Å²) in [5, 5.41) is 4.64. The molecule has 0 atom stereocenters. The van der Waals surface area contributed by atoms with Crippen molar-refractivity contribution in [1.29, 1.82) is 0 Å². The molecule has 4 nitrogen and oxygen atoms in total. The largest absolute Gasteiger partial charge is 0.354 e. The van der Waals surface area contributed by atoms with Gasteiger partial charge in [-0.15, -0.1) is 0 Å². The van der Waals surface area contributed by atoms with Gasteiger partial charge in [-0.1, -0.05) is 35.0 Å². The molecule has 1 saturated carbocycles. The Morgan fingerprint density at radius 3 is 2.68 bits per heavy atom. The van der Waals surface area contributed by atoms with Gasteiger partial charge in [-0.25, -0.2) is 9.97 Å². The molecule has 3 aromatic rings. The molecule has 1 aliphatic carbocycles. The highest BCUT2D eigenvalue weighted by atomic mass is 35.5. The van der Waals surface area contributed by atoms with Gasteiger partial charge in [0, 0.05) is 34.3 Å². The quantitative estimate of drug-likeness (QED) is 0.707. The van der Waals surface area contributed by atoms with E-state index in [1.807, 2.05) is 43.5 Å². The Hall–Kier alpha value is -2.20. The fraction of sp³-hybridized carbons (Fsp3) is 0.235. The van der Waals surface area contributed by atoms with Crippen LogP contribution in [0.3, 0.4) is 0 Å². The van der Waals surface area contributed by atoms with Crippen LogP contribution in [0.4, 0.5) is 0 Å². The van der Waals surface area contributed by atoms with Crippen LogP contribution >= 0.6 is 11.6 Å². The molecule has 110 valence electrons. The smallest absolute Gasteiger partial charge is 0.186 e. The summed E-state index contributed by atoms with van der Waals surface area (Å²) in [5.41, 5.74) is 3.35. The van der Waals surface area contributed by atoms with Crippen molar-refractivity contribution in [3.63, 3.8) is 0 Å². The number of halogens is 1. The van der Waals surface area contributed by atoms with E-state index in [1.165, 1.54) is 0 Å². The van der Waals surface area contributed by atoms with E-state index < -0.39 is 0 Å². The Morgan fingerprint density at radius 1 is 1.18 bits per heavy atom. The highest BCUT2D eigenvalue weighted by Gasteiger charge is 2.28. The van der Waals surface area contributed by atoms with Crippen LogP contribution < -0.4 is 0 Å². The molecule has 0 bridgehead atoms. The van der Waals surface area contributed by atoms with Gasteiger partial charge in [-0.2, -0.15) is 0 Å². The lowest BCUT2D eigenvalue weighted by Gasteiger charge is -2.09. The highest BCUT2D eigenvalue weighted by molar-refractivity contribution is 6.33. The lowest BCUT2D eigenvalue weighted by Crippen LogP contribution is -1.97. The van der Waals surface area contributed by atoms with Gasteiger partial charge in [-0.3, -0.25) is 0 Å². The highest BCUT2D eigenvalue weighted by Crippen LogP contribution is 2.41. The molecule has 2 aromatic heterocycles. The molecule has 0 aliphatic heterocycles. The second-order valence-electron chi connectivity index (χ2n) is 5.58. The van der Waals surface area contributed by atoms with Gasteiger partial charge in [-0.05, 0) is 25.8 Å². The van der Waals surface area contributed by atoms with Crippen LogP contribution in [0.5, 0.6) is 0 Å². The SMILES string of the molecule is Cc1cc(-c2nc(C3CC3)ncc2-c2ccccc2Cl)on1. The first-order chi connectivity index (χ1) is 10.7. The first-order valence-electron chi connectivity index (χ1n) is 7.28. The number of rotatable bonds is 3. The first kappa shape index (κ1) is 13.5. The fourth-order valence-corrected chi connectivity index (χ4v) is 2.71. The number of hydrogen-bond acceptors (Lipinski definition) is 4. The van der Waals surface area contributed by atoms with Crippen LogP contribution in [-0.4, -0.2) is 15.1 Å². The summed E-state index contributed by atoms with van der Waals surface area (Å²) >= 11 is 6.34. The molecule has 0 N–H and O–H groups in total. The maximum absolute atomic E-state index is 6.34. The number of nitrogens with zero attached hydrogens (tertiary/aromatic N) is 3. The minimum absolute atomic E-state index is 0.475. The average molecular weight is 312 g/mol. The van der Waals surface area contributed by atoms with Crippen molar-refractivity contribution in [1.82, 2.24) is 15.1 Å². The molecule has 5 heteroatoms. The van der Waals surface area contributed by atoms with E-state index in [4.69, 9.17) is 21.1 Å². The second-order valence-corrected chi connectivity index (χ2v) is 5.98. The van der Waals surface area contributed by atoms with Crippen molar-refractivity contribution in [2.45, 2.75) is 25.7 Å². The number of benzene rings is 1. The van der Waals surface area contributed by atoms with E-state index in [2.05, 4.69) is 10.1 Å². The van der Waals surface area contributed by atoms with Crippen molar-refractivity contribution in [2.24, 2.45) is 0 Å². The molecule has 4 rings (SSSR count). The summed E-state index contributed by atoms with van der Waals surface area (Å²) in [5.74, 6) is 2.00. The van der Waals surface area contributed by atoms with Gasteiger partial charge in [0.2, 0.25) is 0 Å². The predicted molar refractivity (Wildman–Crippen MR) is 84.7 cm³/mol. The topological polar surface area (TPSA) is 51.8 Å². The van der Waals surface area contributed by atoms with Crippen molar-refractivity contribution < 1.29 is 4.52 Å². The molecule has 0 saturated heterocycles. The molecule has 0 radical (unpaired) electrons. The van der Waals surface area contributed by atoms with Crippen LogP contribution in [0, 0.1) is 6.92 Å². The molecule has 1 aromatic carbocycles. The standard InChI is InChI=1S/C17H14ClN3O/c1-10-8-15(22-21-10)16-13(12-4-2-3-5-14(12)18)9-19-17(20-16)11-6-7-11/h2-5,8-9,11H,6-7H2,1H3. The second kappa shape index (κ2) is 5.21. The van der Waals surface area contributed by atoms with E-state index in [0.29, 0.717) is 16.7 Å². The third-order valence-electron chi connectivity index (χ3n) is 3.78. The van der Waals surface area contributed by atoms with E-state index in [1.54, 1.807) is 0 Å². The molecule has 22 heavy (non-hydrogen) atoms. The molecular weight excluding hydrogens is 298 g/mol. The van der Waals surface area contributed by atoms with Crippen molar-refractivity contribution >= 4 is 11.6 Å². The van der Waals surface area contributed by atoms with E-state index in [0.717, 1.165) is 41.2 Å². The summed E-state index contributed by atoms with van der Waals surface area (Å²) in [4.78, 5) is 9.25. The summed E-state index contributed by atoms with van der Waals surface area (Å²) in [6, 6.07) is 9.57. The number of hydrogen-bond donors (Lipinski definition) is 0. The molecule has 2 heterocycles. The van der Waals surface area contributed by atoms with Crippen molar-refractivity contribution in [2.75, 3.05) is 0 Å². The van der Waals surface area contributed by atoms with E-state index in [9.17, 15) is 0 Å². The predicted octanol–water partition coefficient (Wildman–Crippen LogP) is 4.64. The lowest BCUT2D eigenvalue weighted by molar-refractivity contribution is 0.426. The van der Waals surface area contributed by atoms with Crippen LogP contribution in [-0.2, 0) is 0 Å². The molecule has 0 amide bonds. The zero-order chi connectivity index (χ0) is 15.1. The Labute approximate surface area is 133 Å². The van der Waals surface area contributed by atoms with Gasteiger partial charge >= 0.3 is 0 Å².